The Hall–Kier alpha value is 2.36. The number of carbonyl (C=O) groups is 2. The van der Waals surface area contributed by atoms with Gasteiger partial charge in [-0.25, -0.2) is 0 Å². The molecule has 0 radical (unpaired) electrons. The van der Waals surface area contributed by atoms with Gasteiger partial charge < -0.3 is 0 Å². The zero-order valence-electron chi connectivity index (χ0n) is 10.3. The van der Waals surface area contributed by atoms with Crippen LogP contribution in [0.3, 0.4) is 0 Å². The van der Waals surface area contributed by atoms with Gasteiger partial charge in [-0.3, -0.25) is 9.59 Å². The maximum absolute atomic E-state index is 11.4. The summed E-state index contributed by atoms with van der Waals surface area (Å²) in [7, 11) is 0. The summed E-state index contributed by atoms with van der Waals surface area (Å²) >= 11 is 14.9. The zero-order valence-corrected chi connectivity index (χ0v) is 22.2. The first-order chi connectivity index (χ1) is 10.4. The lowest BCUT2D eigenvalue weighted by atomic mass is 10.2. The van der Waals surface area contributed by atoms with E-state index < -0.39 is 0 Å². The van der Waals surface area contributed by atoms with Gasteiger partial charge in [0.15, 0.2) is 0 Å². The van der Waals surface area contributed by atoms with Crippen molar-refractivity contribution in [3.05, 3.63) is 44.4 Å². The molecule has 0 atom stereocenters. The average molecular weight is 816 g/mol. The van der Waals surface area contributed by atoms with Crippen molar-refractivity contribution in [1.29, 1.82) is 0 Å². The molecule has 3 aliphatic rings. The number of rotatable bonds is 0. The third kappa shape index (κ3) is 5.18. The highest BCUT2D eigenvalue weighted by Gasteiger charge is 2.29. The summed E-state index contributed by atoms with van der Waals surface area (Å²) in [6.07, 6.45) is 0. The number of thioether (sulfide) groups is 4. The summed E-state index contributed by atoms with van der Waals surface area (Å²) < 4.78 is 4.98. The van der Waals surface area contributed by atoms with E-state index >= 15 is 0 Å². The van der Waals surface area contributed by atoms with Crippen LogP contribution >= 0.6 is 137 Å². The molecule has 10 heteroatoms. The highest BCUT2D eigenvalue weighted by atomic mass is 127. The smallest absolute Gasteiger partial charge is 0.207 e. The van der Waals surface area contributed by atoms with Crippen LogP contribution in [-0.4, -0.2) is 11.6 Å². The van der Waals surface area contributed by atoms with Gasteiger partial charge in [0.05, 0.1) is 22.8 Å². The molecule has 22 heavy (non-hydrogen) atoms. The first-order valence-corrected chi connectivity index (χ1v) is 13.2. The molecule has 0 saturated heterocycles. The minimum Gasteiger partial charge on any atom is -0.287 e. The Morgan fingerprint density at radius 1 is 0.545 bits per heavy atom. The fraction of sp³-hybridized carbons (Fsp3) is 0. The van der Waals surface area contributed by atoms with E-state index in [2.05, 4.69) is 21.6 Å². The maximum atomic E-state index is 11.4. The number of hydrogen-bond acceptors (Lipinski definition) is 6. The molecule has 0 saturated carbocycles. The fourth-order valence-electron chi connectivity index (χ4n) is 1.20. The lowest BCUT2D eigenvalue weighted by molar-refractivity contribution is -0.114. The summed E-state index contributed by atoms with van der Waals surface area (Å²) in [4.78, 5) is 22.8. The van der Waals surface area contributed by atoms with Crippen molar-refractivity contribution in [2.24, 2.45) is 0 Å². The van der Waals surface area contributed by atoms with Crippen LogP contribution in [0.5, 0.6) is 0 Å². The summed E-state index contributed by atoms with van der Waals surface area (Å²) in [6.45, 7) is 0. The SMILES string of the molecule is C1=CSC(=C2SC=CS2)S1.O=C1C(I)=C(I)C(=O)C(I)=C1I. The van der Waals surface area contributed by atoms with Crippen molar-refractivity contribution < 1.29 is 9.59 Å². The van der Waals surface area contributed by atoms with E-state index in [0.29, 0.717) is 14.3 Å². The molecule has 0 fully saturated rings. The summed E-state index contributed by atoms with van der Waals surface area (Å²) in [6, 6.07) is 0. The Bertz CT molecular complexity index is 585. The second kappa shape index (κ2) is 9.89. The second-order valence-corrected chi connectivity index (χ2v) is 12.0. The number of halogens is 4. The molecule has 0 N–H and O–H groups in total. The van der Waals surface area contributed by atoms with Crippen LogP contribution in [0.4, 0.5) is 0 Å². The van der Waals surface area contributed by atoms with E-state index in [-0.39, 0.29) is 11.6 Å². The Morgan fingerprint density at radius 3 is 1.00 bits per heavy atom. The van der Waals surface area contributed by atoms with Crippen LogP contribution < -0.4 is 0 Å². The van der Waals surface area contributed by atoms with Crippen LogP contribution in [0, 0.1) is 0 Å². The quantitative estimate of drug-likeness (QED) is 0.189. The van der Waals surface area contributed by atoms with Crippen LogP contribution in [-0.2, 0) is 9.59 Å². The largest absolute Gasteiger partial charge is 0.287 e. The second-order valence-electron chi connectivity index (χ2n) is 3.50. The third-order valence-electron chi connectivity index (χ3n) is 2.16. The summed E-state index contributed by atoms with van der Waals surface area (Å²) in [5, 5.41) is 8.53. The van der Waals surface area contributed by atoms with E-state index in [9.17, 15) is 9.59 Å². The first-order valence-electron chi connectivity index (χ1n) is 5.34. The van der Waals surface area contributed by atoms with E-state index in [1.165, 1.54) is 8.47 Å². The molecule has 0 bridgehead atoms. The van der Waals surface area contributed by atoms with Gasteiger partial charge in [0.2, 0.25) is 11.6 Å². The van der Waals surface area contributed by atoms with Gasteiger partial charge in [0.1, 0.15) is 0 Å². The Morgan fingerprint density at radius 2 is 0.773 bits per heavy atom. The van der Waals surface area contributed by atoms with Crippen molar-refractivity contribution in [2.45, 2.75) is 0 Å². The Kier molecular flexibility index (Phi) is 9.29. The molecule has 0 spiro atoms. The molecule has 2 heterocycles. The lowest BCUT2D eigenvalue weighted by Gasteiger charge is -2.10. The Labute approximate surface area is 199 Å². The van der Waals surface area contributed by atoms with Crippen molar-refractivity contribution in [3.63, 3.8) is 0 Å². The van der Waals surface area contributed by atoms with E-state index in [4.69, 9.17) is 0 Å². The van der Waals surface area contributed by atoms with Gasteiger partial charge in [0.25, 0.3) is 0 Å². The molecule has 3 rings (SSSR count). The molecule has 0 aromatic heterocycles. The number of Topliss-reactive ketones (excluding diaryl/α,β-unsaturated/α-hetero) is 2. The van der Waals surface area contributed by atoms with Crippen molar-refractivity contribution in [1.82, 2.24) is 0 Å². The number of allylic oxidation sites excluding steroid dienone is 4. The zero-order chi connectivity index (χ0) is 16.3. The standard InChI is InChI=1S/C6I4O2.C6H4S4/c7-1-2(8)6(12)4(10)3(9)5(1)11;1-2-8-5(7-1)6-9-3-4-10-6/h;1-4H. The fourth-order valence-corrected chi connectivity index (χ4v) is 8.32. The van der Waals surface area contributed by atoms with Crippen molar-refractivity contribution in [3.8, 4) is 0 Å². The number of ketones is 2. The summed E-state index contributed by atoms with van der Waals surface area (Å²) in [5.74, 6) is -0.0748. The molecule has 2 aliphatic heterocycles. The summed E-state index contributed by atoms with van der Waals surface area (Å²) in [5.41, 5.74) is 0. The molecule has 0 unspecified atom stereocenters. The minimum atomic E-state index is -0.0374. The molecule has 0 aromatic carbocycles. The van der Waals surface area contributed by atoms with Gasteiger partial charge in [-0.15, -0.1) is 0 Å². The van der Waals surface area contributed by atoms with Crippen LogP contribution in [0.1, 0.15) is 0 Å². The van der Waals surface area contributed by atoms with Gasteiger partial charge >= 0.3 is 0 Å². The monoisotopic (exact) mass is 816 g/mol. The number of hydrogen-bond donors (Lipinski definition) is 0. The van der Waals surface area contributed by atoms with E-state index in [1.807, 2.05) is 137 Å². The van der Waals surface area contributed by atoms with Gasteiger partial charge in [-0.1, -0.05) is 47.0 Å². The van der Waals surface area contributed by atoms with E-state index in [1.54, 1.807) is 0 Å². The molecule has 0 amide bonds. The molecule has 1 aliphatic carbocycles. The van der Waals surface area contributed by atoms with Crippen molar-refractivity contribution in [2.75, 3.05) is 0 Å². The molecular formula is C12H4I4O2S4. The first kappa shape index (κ1) is 20.7. The van der Waals surface area contributed by atoms with Crippen LogP contribution in [0.15, 0.2) is 44.4 Å². The third-order valence-corrected chi connectivity index (χ3v) is 13.1. The highest BCUT2D eigenvalue weighted by Crippen LogP contribution is 2.50. The van der Waals surface area contributed by atoms with Crippen LogP contribution in [0.2, 0.25) is 0 Å². The predicted octanol–water partition coefficient (Wildman–Crippen LogP) is 7.32. The average Bonchev–Trinajstić information content (AvgIpc) is 3.21. The van der Waals surface area contributed by atoms with Gasteiger partial charge in [-0.2, -0.15) is 0 Å². The highest BCUT2D eigenvalue weighted by molar-refractivity contribution is 14.1. The van der Waals surface area contributed by atoms with Gasteiger partial charge in [-0.05, 0) is 112 Å². The number of carbonyl (C=O) groups excluding carboxylic acids is 2. The maximum Gasteiger partial charge on any atom is 0.207 e. The Balaban J connectivity index is 0.000000162. The predicted molar refractivity (Wildman–Crippen MR) is 136 cm³/mol. The molecular weight excluding hydrogens is 812 g/mol. The lowest BCUT2D eigenvalue weighted by Crippen LogP contribution is -2.13. The minimum absolute atomic E-state index is 0.0374. The van der Waals surface area contributed by atoms with Gasteiger partial charge in [0, 0.05) is 0 Å². The van der Waals surface area contributed by atoms with E-state index in [0.717, 1.165) is 0 Å². The van der Waals surface area contributed by atoms with Crippen LogP contribution in [0.25, 0.3) is 0 Å². The normalized spacial score (nSPS) is 21.1. The molecule has 2 nitrogen and oxygen atoms in total. The van der Waals surface area contributed by atoms with Crippen molar-refractivity contribution >= 4 is 149 Å². The molecule has 0 aromatic rings. The molecule has 116 valence electrons. The topological polar surface area (TPSA) is 34.1 Å².